The molecule has 3 aromatic rings. The molecule has 3 rings (SSSR count). The lowest BCUT2D eigenvalue weighted by Gasteiger charge is -2.04. The van der Waals surface area contributed by atoms with E-state index in [1.807, 2.05) is 42.9 Å². The quantitative estimate of drug-likeness (QED) is 0.688. The van der Waals surface area contributed by atoms with Gasteiger partial charge in [-0.15, -0.1) is 11.3 Å². The van der Waals surface area contributed by atoms with Crippen LogP contribution in [0.25, 0.3) is 10.6 Å². The number of aromatic nitrogens is 3. The number of rotatable bonds is 6. The Morgan fingerprint density at radius 1 is 1.35 bits per heavy atom. The molecule has 1 aromatic carbocycles. The first-order valence-electron chi connectivity index (χ1n) is 7.05. The monoisotopic (exact) mass is 347 g/mol. The predicted octanol–water partition coefficient (Wildman–Crippen LogP) is 3.00. The molecule has 0 saturated heterocycles. The van der Waals surface area contributed by atoms with Crippen molar-refractivity contribution >= 4 is 22.1 Å². The Balaban J connectivity index is 1.65. The first-order chi connectivity index (χ1) is 11.1. The smallest absolute Gasteiger partial charge is 0.126 e. The molecule has 2 aromatic heterocycles. The van der Waals surface area contributed by atoms with Gasteiger partial charge in [0.25, 0.3) is 0 Å². The summed E-state index contributed by atoms with van der Waals surface area (Å²) in [7, 11) is 2.50. The summed E-state index contributed by atoms with van der Waals surface area (Å²) < 4.78 is 19.3. The van der Waals surface area contributed by atoms with E-state index in [4.69, 9.17) is 4.74 Å². The third kappa shape index (κ3) is 4.05. The van der Waals surface area contributed by atoms with E-state index >= 15 is 0 Å². The highest BCUT2D eigenvalue weighted by molar-refractivity contribution is 7.83. The molecule has 0 aliphatic carbocycles. The maximum absolute atomic E-state index is 12.3. The second-order valence-electron chi connectivity index (χ2n) is 5.13. The molecule has 0 saturated carbocycles. The molecule has 0 N–H and O–H groups in total. The highest BCUT2D eigenvalue weighted by Crippen LogP contribution is 2.24. The van der Waals surface area contributed by atoms with Gasteiger partial charge >= 0.3 is 0 Å². The van der Waals surface area contributed by atoms with Crippen LogP contribution in [0, 0.1) is 0 Å². The van der Waals surface area contributed by atoms with Gasteiger partial charge in [0, 0.05) is 40.7 Å². The Morgan fingerprint density at radius 2 is 2.22 bits per heavy atom. The van der Waals surface area contributed by atoms with Crippen molar-refractivity contribution in [2.75, 3.05) is 7.11 Å². The zero-order valence-electron chi connectivity index (χ0n) is 12.9. The van der Waals surface area contributed by atoms with Crippen LogP contribution < -0.4 is 4.74 Å². The van der Waals surface area contributed by atoms with Crippen LogP contribution >= 0.6 is 11.3 Å². The molecule has 120 valence electrons. The fourth-order valence-electron chi connectivity index (χ4n) is 2.20. The molecule has 0 bridgehead atoms. The highest BCUT2D eigenvalue weighted by atomic mass is 32.2. The molecule has 1 atom stereocenters. The van der Waals surface area contributed by atoms with Crippen molar-refractivity contribution in [1.82, 2.24) is 14.8 Å². The molecule has 2 heterocycles. The van der Waals surface area contributed by atoms with Crippen LogP contribution in [-0.4, -0.2) is 26.1 Å². The van der Waals surface area contributed by atoms with E-state index in [-0.39, 0.29) is 0 Å². The van der Waals surface area contributed by atoms with E-state index in [9.17, 15) is 4.21 Å². The summed E-state index contributed by atoms with van der Waals surface area (Å²) >= 11 is 1.55. The number of methoxy groups -OCH3 is 1. The lowest BCUT2D eigenvalue weighted by Crippen LogP contribution is -2.00. The lowest BCUT2D eigenvalue weighted by atomic mass is 10.2. The summed E-state index contributed by atoms with van der Waals surface area (Å²) in [5.41, 5.74) is 2.85. The zero-order valence-corrected chi connectivity index (χ0v) is 14.6. The molecule has 0 spiro atoms. The summed E-state index contributed by atoms with van der Waals surface area (Å²) in [5, 5.41) is 7.02. The van der Waals surface area contributed by atoms with Gasteiger partial charge in [0.1, 0.15) is 10.8 Å². The van der Waals surface area contributed by atoms with Crippen LogP contribution in [0.4, 0.5) is 0 Å². The van der Waals surface area contributed by atoms with Crippen LogP contribution in [0.3, 0.4) is 0 Å². The molecule has 0 amide bonds. The van der Waals surface area contributed by atoms with Crippen molar-refractivity contribution in [3.8, 4) is 16.3 Å². The molecule has 23 heavy (non-hydrogen) atoms. The Hall–Kier alpha value is -1.99. The Kier molecular flexibility index (Phi) is 4.88. The molecule has 0 aliphatic rings. The van der Waals surface area contributed by atoms with Gasteiger partial charge in [-0.1, -0.05) is 12.1 Å². The van der Waals surface area contributed by atoms with Crippen molar-refractivity contribution in [2.24, 2.45) is 7.05 Å². The molecule has 7 heteroatoms. The topological polar surface area (TPSA) is 57.0 Å². The molecule has 1 unspecified atom stereocenters. The third-order valence-electron chi connectivity index (χ3n) is 3.27. The number of ether oxygens (including phenoxy) is 1. The molecular formula is C16H17N3O2S2. The van der Waals surface area contributed by atoms with Crippen molar-refractivity contribution in [1.29, 1.82) is 0 Å². The van der Waals surface area contributed by atoms with Crippen molar-refractivity contribution in [2.45, 2.75) is 11.5 Å². The number of hydrogen-bond acceptors (Lipinski definition) is 5. The minimum absolute atomic E-state index is 0.452. The van der Waals surface area contributed by atoms with E-state index in [1.165, 1.54) is 0 Å². The molecule has 0 radical (unpaired) electrons. The third-order valence-corrected chi connectivity index (χ3v) is 5.49. The molecule has 5 nitrogen and oxygen atoms in total. The molecular weight excluding hydrogens is 330 g/mol. The van der Waals surface area contributed by atoms with E-state index in [0.29, 0.717) is 11.5 Å². The molecule has 0 aliphatic heterocycles. The van der Waals surface area contributed by atoms with Crippen LogP contribution in [0.15, 0.2) is 42.0 Å². The average Bonchev–Trinajstić information content (AvgIpc) is 3.16. The standard InChI is InChI=1S/C16H17N3O2S2/c1-19-8-13(7-17-19)16-18-14(9-22-16)11-23(20)10-12-4-3-5-15(6-12)21-2/h3-9H,10-11H2,1-2H3. The summed E-state index contributed by atoms with van der Waals surface area (Å²) in [6.07, 6.45) is 3.71. The van der Waals surface area contributed by atoms with Crippen LogP contribution in [0.1, 0.15) is 11.3 Å². The fraction of sp³-hybridized carbons (Fsp3) is 0.250. The minimum atomic E-state index is -1.00. The van der Waals surface area contributed by atoms with Crippen molar-refractivity contribution in [3.63, 3.8) is 0 Å². The Morgan fingerprint density at radius 3 is 2.96 bits per heavy atom. The number of benzene rings is 1. The molecule has 0 fully saturated rings. The van der Waals surface area contributed by atoms with Gasteiger partial charge < -0.3 is 4.74 Å². The SMILES string of the molecule is COc1cccc(CS(=O)Cc2csc(-c3cnn(C)c3)n2)c1. The summed E-state index contributed by atoms with van der Waals surface area (Å²) in [5.74, 6) is 1.73. The Bertz CT molecular complexity index is 826. The summed E-state index contributed by atoms with van der Waals surface area (Å²) in [4.78, 5) is 4.56. The summed E-state index contributed by atoms with van der Waals surface area (Å²) in [6.45, 7) is 0. The lowest BCUT2D eigenvalue weighted by molar-refractivity contribution is 0.414. The maximum Gasteiger partial charge on any atom is 0.126 e. The van der Waals surface area contributed by atoms with Gasteiger partial charge in [-0.2, -0.15) is 5.10 Å². The van der Waals surface area contributed by atoms with Crippen molar-refractivity contribution in [3.05, 3.63) is 53.3 Å². The Labute approximate surface area is 141 Å². The zero-order chi connectivity index (χ0) is 16.2. The maximum atomic E-state index is 12.3. The highest BCUT2D eigenvalue weighted by Gasteiger charge is 2.10. The average molecular weight is 347 g/mol. The predicted molar refractivity (Wildman–Crippen MR) is 92.9 cm³/mol. The van der Waals surface area contributed by atoms with E-state index in [0.717, 1.165) is 27.6 Å². The number of thiazole rings is 1. The van der Waals surface area contributed by atoms with Crippen molar-refractivity contribution < 1.29 is 8.95 Å². The van der Waals surface area contributed by atoms with Crippen LogP contribution in [0.5, 0.6) is 5.75 Å². The first kappa shape index (κ1) is 15.9. The normalized spacial score (nSPS) is 12.3. The van der Waals surface area contributed by atoms with E-state index < -0.39 is 10.8 Å². The van der Waals surface area contributed by atoms with Gasteiger partial charge in [0.2, 0.25) is 0 Å². The van der Waals surface area contributed by atoms with Gasteiger partial charge in [-0.05, 0) is 17.7 Å². The van der Waals surface area contributed by atoms with E-state index in [2.05, 4.69) is 10.1 Å². The second kappa shape index (κ2) is 7.06. The fourth-order valence-corrected chi connectivity index (χ4v) is 4.23. The van der Waals surface area contributed by atoms with Gasteiger partial charge in [-0.3, -0.25) is 8.89 Å². The van der Waals surface area contributed by atoms with Crippen LogP contribution in [0.2, 0.25) is 0 Å². The first-order valence-corrected chi connectivity index (χ1v) is 9.42. The van der Waals surface area contributed by atoms with Gasteiger partial charge in [0.15, 0.2) is 0 Å². The largest absolute Gasteiger partial charge is 0.497 e. The van der Waals surface area contributed by atoms with Gasteiger partial charge in [-0.25, -0.2) is 4.98 Å². The summed E-state index contributed by atoms with van der Waals surface area (Å²) in [6, 6.07) is 7.67. The van der Waals surface area contributed by atoms with Gasteiger partial charge in [0.05, 0.1) is 24.8 Å². The minimum Gasteiger partial charge on any atom is -0.497 e. The second-order valence-corrected chi connectivity index (χ2v) is 7.44. The number of nitrogens with zero attached hydrogens (tertiary/aromatic N) is 3. The van der Waals surface area contributed by atoms with Crippen LogP contribution in [-0.2, 0) is 29.4 Å². The number of aryl methyl sites for hydroxylation is 1. The van der Waals surface area contributed by atoms with E-state index in [1.54, 1.807) is 29.3 Å². The number of hydrogen-bond donors (Lipinski definition) is 0.